The third-order valence-corrected chi connectivity index (χ3v) is 2.60. The van der Waals surface area contributed by atoms with Crippen LogP contribution in [0.25, 0.3) is 6.08 Å². The first-order valence-corrected chi connectivity index (χ1v) is 6.91. The number of rotatable bonds is 4. The number of carbonyl (C=O) groups excluding carboxylic acids is 1. The van der Waals surface area contributed by atoms with Gasteiger partial charge < -0.3 is 10.1 Å². The van der Waals surface area contributed by atoms with Crippen LogP contribution in [0.3, 0.4) is 0 Å². The molecule has 0 aliphatic rings. The molecule has 0 atom stereocenters. The number of nitrogens with one attached hydrogen (secondary N) is 1. The number of ether oxygens (including phenoxy) is 1. The fraction of sp³-hybridized carbons (Fsp3) is 0.467. The minimum absolute atomic E-state index is 0.402. The van der Waals surface area contributed by atoms with Gasteiger partial charge in [0.15, 0.2) is 0 Å². The second-order valence-corrected chi connectivity index (χ2v) is 5.87. The van der Waals surface area contributed by atoms with Crippen LogP contribution in [0, 0.1) is 6.92 Å². The molecule has 20 heavy (non-hydrogen) atoms. The minimum atomic E-state index is -0.472. The Morgan fingerprint density at radius 1 is 1.50 bits per heavy atom. The molecule has 0 bridgehead atoms. The molecule has 5 heteroatoms. The largest absolute Gasteiger partial charge is 0.444 e. The van der Waals surface area contributed by atoms with E-state index >= 15 is 0 Å². The van der Waals surface area contributed by atoms with Gasteiger partial charge in [0, 0.05) is 18.3 Å². The van der Waals surface area contributed by atoms with Crippen molar-refractivity contribution in [3.8, 4) is 0 Å². The predicted octanol–water partition coefficient (Wildman–Crippen LogP) is 3.97. The van der Waals surface area contributed by atoms with E-state index in [0.29, 0.717) is 18.1 Å². The first-order valence-electron chi connectivity index (χ1n) is 6.53. The summed E-state index contributed by atoms with van der Waals surface area (Å²) in [6.07, 6.45) is 5.87. The van der Waals surface area contributed by atoms with Crippen LogP contribution >= 0.6 is 11.6 Å². The van der Waals surface area contributed by atoms with E-state index < -0.39 is 11.7 Å². The van der Waals surface area contributed by atoms with Crippen LogP contribution in [0.2, 0.25) is 5.15 Å². The lowest BCUT2D eigenvalue weighted by atomic mass is 10.2. The topological polar surface area (TPSA) is 51.2 Å². The SMILES string of the molecule is Cc1cnc(Cl)c(C=CCCNC(=O)OC(C)(C)C)c1. The molecule has 1 amide bonds. The Kier molecular flexibility index (Phi) is 6.02. The third kappa shape index (κ3) is 6.57. The molecule has 0 saturated heterocycles. The van der Waals surface area contributed by atoms with Gasteiger partial charge in [-0.15, -0.1) is 0 Å². The van der Waals surface area contributed by atoms with Crippen LogP contribution in [-0.2, 0) is 4.74 Å². The number of pyridine rings is 1. The highest BCUT2D eigenvalue weighted by Crippen LogP contribution is 2.15. The molecule has 1 N–H and O–H groups in total. The van der Waals surface area contributed by atoms with E-state index in [1.807, 2.05) is 45.9 Å². The smallest absolute Gasteiger partial charge is 0.407 e. The first-order chi connectivity index (χ1) is 9.28. The van der Waals surface area contributed by atoms with Gasteiger partial charge in [-0.05, 0) is 45.7 Å². The summed E-state index contributed by atoms with van der Waals surface area (Å²) in [5.41, 5.74) is 1.46. The van der Waals surface area contributed by atoms with Crippen LogP contribution in [-0.4, -0.2) is 23.2 Å². The number of nitrogens with zero attached hydrogens (tertiary/aromatic N) is 1. The third-order valence-electron chi connectivity index (χ3n) is 2.28. The Bertz CT molecular complexity index is 493. The first kappa shape index (κ1) is 16.5. The van der Waals surface area contributed by atoms with Crippen molar-refractivity contribution in [3.05, 3.63) is 34.6 Å². The average molecular weight is 297 g/mol. The second kappa shape index (κ2) is 7.29. The number of aryl methyl sites for hydroxylation is 1. The van der Waals surface area contributed by atoms with Gasteiger partial charge in [0.2, 0.25) is 0 Å². The summed E-state index contributed by atoms with van der Waals surface area (Å²) < 4.78 is 5.13. The van der Waals surface area contributed by atoms with Crippen LogP contribution in [0.5, 0.6) is 0 Å². The van der Waals surface area contributed by atoms with Crippen molar-refractivity contribution in [2.24, 2.45) is 0 Å². The normalized spacial score (nSPS) is 11.7. The summed E-state index contributed by atoms with van der Waals surface area (Å²) in [4.78, 5) is 15.5. The molecule has 110 valence electrons. The lowest BCUT2D eigenvalue weighted by molar-refractivity contribution is 0.0529. The lowest BCUT2D eigenvalue weighted by Gasteiger charge is -2.19. The standard InChI is InChI=1S/C15H21ClN2O2/c1-11-9-12(13(16)18-10-11)7-5-6-8-17-14(19)20-15(2,3)4/h5,7,9-10H,6,8H2,1-4H3,(H,17,19). The predicted molar refractivity (Wildman–Crippen MR) is 81.9 cm³/mol. The maximum absolute atomic E-state index is 11.4. The molecule has 1 heterocycles. The van der Waals surface area contributed by atoms with Crippen molar-refractivity contribution in [3.63, 3.8) is 0 Å². The zero-order valence-electron chi connectivity index (χ0n) is 12.4. The Labute approximate surface area is 125 Å². The molecule has 0 saturated carbocycles. The molecular formula is C15H21ClN2O2. The monoisotopic (exact) mass is 296 g/mol. The molecule has 0 aromatic carbocycles. The maximum Gasteiger partial charge on any atom is 0.407 e. The van der Waals surface area contributed by atoms with Crippen LogP contribution in [0.1, 0.15) is 38.3 Å². The summed E-state index contributed by atoms with van der Waals surface area (Å²) in [6.45, 7) is 7.98. The van der Waals surface area contributed by atoms with Gasteiger partial charge in [-0.1, -0.05) is 23.8 Å². The quantitative estimate of drug-likeness (QED) is 0.675. The molecule has 0 aliphatic heterocycles. The van der Waals surface area contributed by atoms with Crippen molar-refractivity contribution in [1.82, 2.24) is 10.3 Å². The Morgan fingerprint density at radius 3 is 2.85 bits per heavy atom. The number of hydrogen-bond acceptors (Lipinski definition) is 3. The summed E-state index contributed by atoms with van der Waals surface area (Å²) in [6, 6.07) is 1.97. The molecule has 0 fully saturated rings. The molecule has 0 radical (unpaired) electrons. The summed E-state index contributed by atoms with van der Waals surface area (Å²) >= 11 is 5.98. The van der Waals surface area contributed by atoms with Gasteiger partial charge in [0.05, 0.1) is 0 Å². The molecule has 1 aromatic heterocycles. The maximum atomic E-state index is 11.4. The van der Waals surface area contributed by atoms with E-state index in [1.165, 1.54) is 0 Å². The number of carbonyl (C=O) groups is 1. The number of halogens is 1. The van der Waals surface area contributed by atoms with Gasteiger partial charge in [0.1, 0.15) is 10.8 Å². The fourth-order valence-electron chi connectivity index (χ4n) is 1.47. The van der Waals surface area contributed by atoms with Crippen molar-refractivity contribution in [1.29, 1.82) is 0 Å². The van der Waals surface area contributed by atoms with E-state index in [4.69, 9.17) is 16.3 Å². The summed E-state index contributed by atoms with van der Waals surface area (Å²) in [5, 5.41) is 3.17. The van der Waals surface area contributed by atoms with E-state index in [0.717, 1.165) is 11.1 Å². The minimum Gasteiger partial charge on any atom is -0.444 e. The van der Waals surface area contributed by atoms with Crippen LogP contribution in [0.4, 0.5) is 4.79 Å². The molecule has 0 aliphatic carbocycles. The van der Waals surface area contributed by atoms with Crippen molar-refractivity contribution >= 4 is 23.8 Å². The van der Waals surface area contributed by atoms with E-state index in [1.54, 1.807) is 6.20 Å². The summed E-state index contributed by atoms with van der Waals surface area (Å²) in [7, 11) is 0. The van der Waals surface area contributed by atoms with E-state index in [2.05, 4.69) is 10.3 Å². The van der Waals surface area contributed by atoms with E-state index in [-0.39, 0.29) is 0 Å². The van der Waals surface area contributed by atoms with E-state index in [9.17, 15) is 4.79 Å². The van der Waals surface area contributed by atoms with Gasteiger partial charge >= 0.3 is 6.09 Å². The molecule has 0 unspecified atom stereocenters. The second-order valence-electron chi connectivity index (χ2n) is 5.51. The van der Waals surface area contributed by atoms with Gasteiger partial charge in [0.25, 0.3) is 0 Å². The van der Waals surface area contributed by atoms with Crippen molar-refractivity contribution in [2.45, 2.75) is 39.7 Å². The number of amides is 1. The fourth-order valence-corrected chi connectivity index (χ4v) is 1.64. The van der Waals surface area contributed by atoms with Crippen LogP contribution in [0.15, 0.2) is 18.3 Å². The number of hydrogen-bond donors (Lipinski definition) is 1. The van der Waals surface area contributed by atoms with Gasteiger partial charge in [-0.3, -0.25) is 0 Å². The highest BCUT2D eigenvalue weighted by atomic mass is 35.5. The Balaban J connectivity index is 2.36. The van der Waals surface area contributed by atoms with Crippen molar-refractivity contribution < 1.29 is 9.53 Å². The molecule has 0 spiro atoms. The molecule has 1 rings (SSSR count). The molecular weight excluding hydrogens is 276 g/mol. The van der Waals surface area contributed by atoms with Crippen molar-refractivity contribution in [2.75, 3.05) is 6.54 Å². The van der Waals surface area contributed by atoms with Gasteiger partial charge in [-0.2, -0.15) is 0 Å². The number of alkyl carbamates (subject to hydrolysis) is 1. The average Bonchev–Trinajstić information content (AvgIpc) is 2.30. The highest BCUT2D eigenvalue weighted by molar-refractivity contribution is 6.30. The zero-order chi connectivity index (χ0) is 15.2. The number of aromatic nitrogens is 1. The molecule has 1 aromatic rings. The summed E-state index contributed by atoms with van der Waals surface area (Å²) in [5.74, 6) is 0. The Hall–Kier alpha value is -1.55. The van der Waals surface area contributed by atoms with Gasteiger partial charge in [-0.25, -0.2) is 9.78 Å². The highest BCUT2D eigenvalue weighted by Gasteiger charge is 2.15. The molecule has 4 nitrogen and oxygen atoms in total. The lowest BCUT2D eigenvalue weighted by Crippen LogP contribution is -2.32. The Morgan fingerprint density at radius 2 is 2.20 bits per heavy atom. The van der Waals surface area contributed by atoms with Crippen LogP contribution < -0.4 is 5.32 Å². The zero-order valence-corrected chi connectivity index (χ0v) is 13.1.